The van der Waals surface area contributed by atoms with Crippen molar-refractivity contribution in [2.24, 2.45) is 0 Å². The molecule has 1 heterocycles. The van der Waals surface area contributed by atoms with Gasteiger partial charge in [0.15, 0.2) is 0 Å². The van der Waals surface area contributed by atoms with Gasteiger partial charge in [0.2, 0.25) is 0 Å². The Morgan fingerprint density at radius 2 is 1.28 bits per heavy atom. The maximum Gasteiger partial charge on any atom is 0.410 e. The van der Waals surface area contributed by atoms with E-state index in [9.17, 15) is 4.79 Å². The summed E-state index contributed by atoms with van der Waals surface area (Å²) in [6, 6.07) is 33.3. The molecule has 206 valence electrons. The molecule has 1 aliphatic carbocycles. The molecule has 1 saturated carbocycles. The number of amides is 1. The summed E-state index contributed by atoms with van der Waals surface area (Å²) in [7, 11) is -0.958. The molecule has 3 aromatic carbocycles. The molecule has 0 spiro atoms. The van der Waals surface area contributed by atoms with Crippen molar-refractivity contribution in [3.8, 4) is 0 Å². The van der Waals surface area contributed by atoms with Gasteiger partial charge in [0.1, 0.15) is 5.60 Å². The Morgan fingerprint density at radius 1 is 0.769 bits per heavy atom. The minimum atomic E-state index is -0.596. The largest absolute Gasteiger partial charge is 0.444 e. The molecule has 0 bridgehead atoms. The third kappa shape index (κ3) is 7.31. The van der Waals surface area contributed by atoms with Crippen molar-refractivity contribution < 1.29 is 9.53 Å². The lowest BCUT2D eigenvalue weighted by Gasteiger charge is -2.35. The van der Waals surface area contributed by atoms with Crippen LogP contribution in [0.3, 0.4) is 0 Å². The van der Waals surface area contributed by atoms with Crippen molar-refractivity contribution in [2.45, 2.75) is 82.3 Å². The SMILES string of the molecule is CC(C)(C)OC(=O)N1C[C@@H](P(c2ccccc2)C2CCCCC2)C[C@H]1CP(c1ccccc1)c1ccccc1. The number of nitrogens with zero attached hydrogens (tertiary/aromatic N) is 1. The molecule has 2 aliphatic rings. The summed E-state index contributed by atoms with van der Waals surface area (Å²) >= 11 is 0. The Morgan fingerprint density at radius 3 is 1.79 bits per heavy atom. The van der Waals surface area contributed by atoms with E-state index in [4.69, 9.17) is 4.74 Å². The molecule has 3 atom stereocenters. The van der Waals surface area contributed by atoms with Crippen LogP contribution in [0, 0.1) is 0 Å². The monoisotopic (exact) mass is 559 g/mol. The van der Waals surface area contributed by atoms with Gasteiger partial charge in [-0.1, -0.05) is 118 Å². The number of hydrogen-bond acceptors (Lipinski definition) is 2. The molecule has 0 radical (unpaired) electrons. The van der Waals surface area contributed by atoms with E-state index in [1.807, 2.05) is 20.8 Å². The van der Waals surface area contributed by atoms with Crippen molar-refractivity contribution in [2.75, 3.05) is 12.7 Å². The van der Waals surface area contributed by atoms with E-state index < -0.39 is 13.5 Å². The van der Waals surface area contributed by atoms with Crippen molar-refractivity contribution in [1.82, 2.24) is 4.90 Å². The van der Waals surface area contributed by atoms with E-state index in [1.54, 1.807) is 0 Å². The highest BCUT2D eigenvalue weighted by molar-refractivity contribution is 7.73. The maximum absolute atomic E-state index is 13.7. The molecule has 3 aromatic rings. The van der Waals surface area contributed by atoms with E-state index >= 15 is 0 Å². The summed E-state index contributed by atoms with van der Waals surface area (Å²) in [6.07, 6.45) is 8.60. The van der Waals surface area contributed by atoms with E-state index in [2.05, 4.69) is 95.9 Å². The lowest BCUT2D eigenvalue weighted by Crippen LogP contribution is -2.42. The molecule has 2 fully saturated rings. The summed E-state index contributed by atoms with van der Waals surface area (Å²) < 4.78 is 6.03. The zero-order chi connectivity index (χ0) is 27.2. The van der Waals surface area contributed by atoms with Gasteiger partial charge in [-0.3, -0.25) is 0 Å². The number of carbonyl (C=O) groups is 1. The standard InChI is InChI=1S/C34H43NO2P2/c1-34(2,3)37-33(36)35-25-32(39(30-20-12-6-13-21-30)31-22-14-7-15-23-31)24-27(35)26-38(28-16-8-4-9-17-28)29-18-10-5-11-19-29/h4-6,8-13,16-21,27,31-32H,7,14-15,22-26H2,1-3H3/t27-,32-,39?/m0/s1. The molecule has 5 heteroatoms. The second kappa shape index (κ2) is 13.0. The first-order valence-corrected chi connectivity index (χ1v) is 17.6. The molecule has 0 aromatic heterocycles. The van der Waals surface area contributed by atoms with Gasteiger partial charge in [0, 0.05) is 18.2 Å². The van der Waals surface area contributed by atoms with E-state index in [0.29, 0.717) is 5.66 Å². The Kier molecular flexibility index (Phi) is 9.42. The zero-order valence-electron chi connectivity index (χ0n) is 23.7. The smallest absolute Gasteiger partial charge is 0.410 e. The molecule has 39 heavy (non-hydrogen) atoms. The first-order chi connectivity index (χ1) is 18.9. The Labute approximate surface area is 237 Å². The van der Waals surface area contributed by atoms with Crippen molar-refractivity contribution in [3.05, 3.63) is 91.0 Å². The quantitative estimate of drug-likeness (QED) is 0.279. The predicted octanol–water partition coefficient (Wildman–Crippen LogP) is 7.64. The Bertz CT molecular complexity index is 1140. The average Bonchev–Trinajstić information content (AvgIpc) is 3.36. The molecule has 3 nitrogen and oxygen atoms in total. The van der Waals surface area contributed by atoms with Crippen LogP contribution < -0.4 is 15.9 Å². The summed E-state index contributed by atoms with van der Waals surface area (Å²) in [6.45, 7) is 6.75. The van der Waals surface area contributed by atoms with Gasteiger partial charge in [-0.05, 0) is 75.7 Å². The van der Waals surface area contributed by atoms with Gasteiger partial charge in [-0.2, -0.15) is 0 Å². The zero-order valence-corrected chi connectivity index (χ0v) is 25.5. The fourth-order valence-corrected chi connectivity index (χ4v) is 12.5. The number of hydrogen-bond donors (Lipinski definition) is 0. The van der Waals surface area contributed by atoms with Gasteiger partial charge in [0.25, 0.3) is 0 Å². The van der Waals surface area contributed by atoms with Crippen molar-refractivity contribution in [3.63, 3.8) is 0 Å². The molecule has 1 amide bonds. The molecular formula is C34H43NO2P2. The van der Waals surface area contributed by atoms with E-state index in [1.165, 1.54) is 48.0 Å². The van der Waals surface area contributed by atoms with Gasteiger partial charge in [-0.25, -0.2) is 4.79 Å². The lowest BCUT2D eigenvalue weighted by molar-refractivity contribution is 0.0242. The van der Waals surface area contributed by atoms with Gasteiger partial charge < -0.3 is 9.64 Å². The number of ether oxygens (including phenoxy) is 1. The minimum absolute atomic E-state index is 0.141. The second-order valence-electron chi connectivity index (χ2n) is 12.0. The van der Waals surface area contributed by atoms with Crippen LogP contribution >= 0.6 is 15.8 Å². The van der Waals surface area contributed by atoms with Crippen LogP contribution in [0.25, 0.3) is 0 Å². The topological polar surface area (TPSA) is 29.5 Å². The van der Waals surface area contributed by atoms with Gasteiger partial charge in [-0.15, -0.1) is 0 Å². The fraction of sp³-hybridized carbons (Fsp3) is 0.441. The first-order valence-electron chi connectivity index (χ1n) is 14.6. The van der Waals surface area contributed by atoms with Crippen LogP contribution in [0.1, 0.15) is 59.3 Å². The van der Waals surface area contributed by atoms with Crippen molar-refractivity contribution >= 4 is 37.9 Å². The maximum atomic E-state index is 13.7. The minimum Gasteiger partial charge on any atom is -0.444 e. The molecule has 5 rings (SSSR count). The Hall–Kier alpha value is -2.21. The van der Waals surface area contributed by atoms with Crippen LogP contribution in [0.4, 0.5) is 4.79 Å². The molecule has 1 unspecified atom stereocenters. The highest BCUT2D eigenvalue weighted by Crippen LogP contribution is 2.55. The van der Waals surface area contributed by atoms with E-state index in [0.717, 1.165) is 24.8 Å². The fourth-order valence-electron chi connectivity index (χ4n) is 6.28. The summed E-state index contributed by atoms with van der Waals surface area (Å²) in [5.74, 6) is 0. The number of rotatable bonds is 7. The molecule has 1 aliphatic heterocycles. The highest BCUT2D eigenvalue weighted by atomic mass is 31.1. The van der Waals surface area contributed by atoms with Crippen molar-refractivity contribution in [1.29, 1.82) is 0 Å². The van der Waals surface area contributed by atoms with Crippen LogP contribution in [-0.4, -0.2) is 46.7 Å². The normalized spacial score (nSPS) is 21.2. The summed E-state index contributed by atoms with van der Waals surface area (Å²) in [5, 5.41) is 4.27. The summed E-state index contributed by atoms with van der Waals surface area (Å²) in [4.78, 5) is 15.8. The second-order valence-corrected chi connectivity index (χ2v) is 17.0. The summed E-state index contributed by atoms with van der Waals surface area (Å²) in [5.41, 5.74) is 0.758. The number of carbonyl (C=O) groups excluding carboxylic acids is 1. The first kappa shape index (κ1) is 28.3. The number of benzene rings is 3. The predicted molar refractivity (Wildman–Crippen MR) is 169 cm³/mol. The lowest BCUT2D eigenvalue weighted by atomic mass is 10.0. The van der Waals surface area contributed by atoms with Crippen LogP contribution in [0.15, 0.2) is 91.0 Å². The van der Waals surface area contributed by atoms with Crippen LogP contribution in [0.5, 0.6) is 0 Å². The third-order valence-corrected chi connectivity index (χ3v) is 14.0. The van der Waals surface area contributed by atoms with Gasteiger partial charge in [0.05, 0.1) is 0 Å². The Balaban J connectivity index is 1.48. The van der Waals surface area contributed by atoms with Gasteiger partial charge >= 0.3 is 6.09 Å². The molecular weight excluding hydrogens is 516 g/mol. The highest BCUT2D eigenvalue weighted by Gasteiger charge is 2.44. The number of likely N-dealkylation sites (tertiary alicyclic amines) is 1. The van der Waals surface area contributed by atoms with Crippen LogP contribution in [-0.2, 0) is 4.74 Å². The third-order valence-electron chi connectivity index (χ3n) is 7.97. The van der Waals surface area contributed by atoms with Crippen LogP contribution in [0.2, 0.25) is 0 Å². The average molecular weight is 560 g/mol. The molecule has 0 N–H and O–H groups in total. The van der Waals surface area contributed by atoms with E-state index in [-0.39, 0.29) is 20.1 Å². The molecule has 1 saturated heterocycles.